The fraction of sp³-hybridized carbons (Fsp3) is 0.769. The summed E-state index contributed by atoms with van der Waals surface area (Å²) in [5, 5.41) is 11.5. The highest BCUT2D eigenvalue weighted by Gasteiger charge is 2.54. The highest BCUT2D eigenvalue weighted by molar-refractivity contribution is 6.07. The van der Waals surface area contributed by atoms with Crippen LogP contribution in [0.4, 0.5) is 4.79 Å². The number of carbonyl (C=O) groups is 3. The van der Waals surface area contributed by atoms with Crippen molar-refractivity contribution in [3.05, 3.63) is 0 Å². The number of nitrogens with one attached hydrogen (secondary N) is 1. The second-order valence-electron chi connectivity index (χ2n) is 6.13. The number of hydrogen-bond donors (Lipinski definition) is 2. The van der Waals surface area contributed by atoms with Crippen LogP contribution in [0.5, 0.6) is 0 Å². The standard InChI is InChI=1S/C13H20N2O4/c1-12(2,10(17)18)8-15-11(19)14-9(16)13(15)6-4-3-5-7-13/h3-8H2,1-2H3,(H,17,18)(H,14,16,19). The Kier molecular flexibility index (Phi) is 3.28. The van der Waals surface area contributed by atoms with Gasteiger partial charge in [0.15, 0.2) is 0 Å². The molecule has 0 aromatic carbocycles. The van der Waals surface area contributed by atoms with Crippen LogP contribution in [0.25, 0.3) is 0 Å². The van der Waals surface area contributed by atoms with Gasteiger partial charge in [-0.3, -0.25) is 14.9 Å². The molecule has 2 fully saturated rings. The van der Waals surface area contributed by atoms with E-state index in [1.165, 1.54) is 4.90 Å². The largest absolute Gasteiger partial charge is 0.481 e. The molecule has 1 saturated carbocycles. The number of amides is 3. The van der Waals surface area contributed by atoms with Gasteiger partial charge >= 0.3 is 12.0 Å². The molecule has 2 N–H and O–H groups in total. The molecule has 0 aromatic heterocycles. The van der Waals surface area contributed by atoms with Crippen molar-refractivity contribution < 1.29 is 19.5 Å². The van der Waals surface area contributed by atoms with E-state index in [0.717, 1.165) is 19.3 Å². The molecule has 0 aromatic rings. The SMILES string of the molecule is CC(C)(CN1C(=O)NC(=O)C12CCCCC2)C(=O)O. The maximum atomic E-state index is 12.1. The Morgan fingerprint density at radius 1 is 1.32 bits per heavy atom. The first-order valence-electron chi connectivity index (χ1n) is 6.66. The van der Waals surface area contributed by atoms with Crippen LogP contribution < -0.4 is 5.32 Å². The van der Waals surface area contributed by atoms with Crippen molar-refractivity contribution in [1.29, 1.82) is 0 Å². The first-order valence-corrected chi connectivity index (χ1v) is 6.66. The van der Waals surface area contributed by atoms with Gasteiger partial charge in [0.25, 0.3) is 5.91 Å². The molecule has 0 unspecified atom stereocenters. The number of carboxylic acids is 1. The average Bonchev–Trinajstić information content (AvgIpc) is 2.55. The quantitative estimate of drug-likeness (QED) is 0.756. The Balaban J connectivity index is 2.28. The highest BCUT2D eigenvalue weighted by atomic mass is 16.4. The molecule has 19 heavy (non-hydrogen) atoms. The predicted molar refractivity (Wildman–Crippen MR) is 67.5 cm³/mol. The van der Waals surface area contributed by atoms with E-state index >= 15 is 0 Å². The fourth-order valence-corrected chi connectivity index (χ4v) is 2.92. The maximum Gasteiger partial charge on any atom is 0.325 e. The van der Waals surface area contributed by atoms with Crippen LogP contribution in [-0.2, 0) is 9.59 Å². The normalized spacial score (nSPS) is 22.7. The van der Waals surface area contributed by atoms with Crippen LogP contribution in [0.3, 0.4) is 0 Å². The summed E-state index contributed by atoms with van der Waals surface area (Å²) in [6.45, 7) is 3.20. The number of urea groups is 1. The lowest BCUT2D eigenvalue weighted by Crippen LogP contribution is -2.54. The summed E-state index contributed by atoms with van der Waals surface area (Å²) in [5.74, 6) is -1.23. The van der Waals surface area contributed by atoms with E-state index < -0.39 is 23.0 Å². The second-order valence-corrected chi connectivity index (χ2v) is 6.13. The number of carboxylic acid groups (broad SMARTS) is 1. The molecule has 0 atom stereocenters. The van der Waals surface area contributed by atoms with E-state index in [1.807, 2.05) is 0 Å². The van der Waals surface area contributed by atoms with Gasteiger partial charge in [-0.15, -0.1) is 0 Å². The van der Waals surface area contributed by atoms with Gasteiger partial charge in [-0.1, -0.05) is 19.3 Å². The molecular weight excluding hydrogens is 248 g/mol. The molecule has 1 heterocycles. The van der Waals surface area contributed by atoms with E-state index in [9.17, 15) is 19.5 Å². The van der Waals surface area contributed by atoms with Crippen LogP contribution in [0.15, 0.2) is 0 Å². The average molecular weight is 268 g/mol. The van der Waals surface area contributed by atoms with Crippen LogP contribution in [0.2, 0.25) is 0 Å². The number of hydrogen-bond acceptors (Lipinski definition) is 3. The van der Waals surface area contributed by atoms with Crippen molar-refractivity contribution in [1.82, 2.24) is 10.2 Å². The zero-order valence-electron chi connectivity index (χ0n) is 11.4. The molecule has 6 nitrogen and oxygen atoms in total. The molecule has 2 rings (SSSR count). The molecule has 0 bridgehead atoms. The van der Waals surface area contributed by atoms with Gasteiger partial charge in [0, 0.05) is 6.54 Å². The van der Waals surface area contributed by atoms with Crippen LogP contribution in [0, 0.1) is 5.41 Å². The van der Waals surface area contributed by atoms with Crippen molar-refractivity contribution >= 4 is 17.9 Å². The second kappa shape index (κ2) is 4.51. The lowest BCUT2D eigenvalue weighted by Gasteiger charge is -2.40. The summed E-state index contributed by atoms with van der Waals surface area (Å²) in [6.07, 6.45) is 4.09. The van der Waals surface area contributed by atoms with Gasteiger partial charge in [0.05, 0.1) is 5.41 Å². The first kappa shape index (κ1) is 13.8. The van der Waals surface area contributed by atoms with Gasteiger partial charge in [0.1, 0.15) is 5.54 Å². The Labute approximate surface area is 112 Å². The minimum Gasteiger partial charge on any atom is -0.481 e. The van der Waals surface area contributed by atoms with Crippen molar-refractivity contribution in [3.63, 3.8) is 0 Å². The number of aliphatic carboxylic acids is 1. The summed E-state index contributed by atoms with van der Waals surface area (Å²) in [7, 11) is 0. The molecular formula is C13H20N2O4. The van der Waals surface area contributed by atoms with Crippen molar-refractivity contribution in [2.45, 2.75) is 51.5 Å². The predicted octanol–water partition coefficient (Wildman–Crippen LogP) is 1.35. The summed E-state index contributed by atoms with van der Waals surface area (Å²) in [5.41, 5.74) is -1.88. The van der Waals surface area contributed by atoms with Crippen molar-refractivity contribution in [2.24, 2.45) is 5.41 Å². The van der Waals surface area contributed by atoms with Gasteiger partial charge in [-0.25, -0.2) is 4.79 Å². The third kappa shape index (κ3) is 2.19. The van der Waals surface area contributed by atoms with E-state index in [0.29, 0.717) is 12.8 Å². The minimum absolute atomic E-state index is 0.0555. The zero-order chi connectivity index (χ0) is 14.3. The molecule has 106 valence electrons. The van der Waals surface area contributed by atoms with E-state index in [1.54, 1.807) is 13.8 Å². The molecule has 2 aliphatic rings. The summed E-state index contributed by atoms with van der Waals surface area (Å²) in [6, 6.07) is -0.457. The minimum atomic E-state index is -1.06. The van der Waals surface area contributed by atoms with Gasteiger partial charge in [0.2, 0.25) is 0 Å². The Bertz CT molecular complexity index is 424. The highest BCUT2D eigenvalue weighted by Crippen LogP contribution is 2.38. The lowest BCUT2D eigenvalue weighted by atomic mass is 9.79. The molecule has 3 amide bonds. The topological polar surface area (TPSA) is 86.7 Å². The molecule has 1 saturated heterocycles. The third-order valence-electron chi connectivity index (χ3n) is 4.22. The number of imide groups is 1. The Morgan fingerprint density at radius 2 is 1.89 bits per heavy atom. The lowest BCUT2D eigenvalue weighted by molar-refractivity contribution is -0.149. The van der Waals surface area contributed by atoms with Gasteiger partial charge < -0.3 is 10.0 Å². The molecule has 1 aliphatic carbocycles. The van der Waals surface area contributed by atoms with Gasteiger partial charge in [-0.2, -0.15) is 0 Å². The molecule has 6 heteroatoms. The monoisotopic (exact) mass is 268 g/mol. The molecule has 0 radical (unpaired) electrons. The summed E-state index contributed by atoms with van der Waals surface area (Å²) >= 11 is 0. The summed E-state index contributed by atoms with van der Waals surface area (Å²) in [4.78, 5) is 36.7. The maximum absolute atomic E-state index is 12.1. The summed E-state index contributed by atoms with van der Waals surface area (Å²) < 4.78 is 0. The zero-order valence-corrected chi connectivity index (χ0v) is 11.4. The number of nitrogens with zero attached hydrogens (tertiary/aromatic N) is 1. The van der Waals surface area contributed by atoms with E-state index in [-0.39, 0.29) is 12.5 Å². The molecule has 1 aliphatic heterocycles. The van der Waals surface area contributed by atoms with Crippen molar-refractivity contribution in [3.8, 4) is 0 Å². The third-order valence-corrected chi connectivity index (χ3v) is 4.22. The molecule has 1 spiro atoms. The number of carbonyl (C=O) groups excluding carboxylic acids is 2. The Hall–Kier alpha value is -1.59. The Morgan fingerprint density at radius 3 is 2.42 bits per heavy atom. The van der Waals surface area contributed by atoms with Gasteiger partial charge in [-0.05, 0) is 26.7 Å². The smallest absolute Gasteiger partial charge is 0.325 e. The van der Waals surface area contributed by atoms with Crippen LogP contribution >= 0.6 is 0 Å². The first-order chi connectivity index (χ1) is 8.79. The number of rotatable bonds is 3. The van der Waals surface area contributed by atoms with Crippen LogP contribution in [0.1, 0.15) is 46.0 Å². The van der Waals surface area contributed by atoms with E-state index in [2.05, 4.69) is 5.32 Å². The fourth-order valence-electron chi connectivity index (χ4n) is 2.92. The van der Waals surface area contributed by atoms with Crippen LogP contribution in [-0.4, -0.2) is 40.0 Å². The van der Waals surface area contributed by atoms with E-state index in [4.69, 9.17) is 0 Å². The van der Waals surface area contributed by atoms with Crippen molar-refractivity contribution in [2.75, 3.05) is 6.54 Å².